The van der Waals surface area contributed by atoms with Gasteiger partial charge in [0.15, 0.2) is 0 Å². The van der Waals surface area contributed by atoms with Crippen LogP contribution in [-0.2, 0) is 4.74 Å². The molecule has 4 nitrogen and oxygen atoms in total. The Kier molecular flexibility index (Phi) is 4.22. The number of H-pyrrole nitrogens is 1. The molecule has 1 aliphatic carbocycles. The zero-order valence-electron chi connectivity index (χ0n) is 15.0. The Morgan fingerprint density at radius 1 is 1.36 bits per heavy atom. The van der Waals surface area contributed by atoms with E-state index in [-0.39, 0.29) is 6.04 Å². The second kappa shape index (κ2) is 6.52. The van der Waals surface area contributed by atoms with Crippen molar-refractivity contribution in [1.82, 2.24) is 10.3 Å². The summed E-state index contributed by atoms with van der Waals surface area (Å²) in [6.45, 7) is 4.54. The Labute approximate surface area is 149 Å². The molecule has 4 rings (SSSR count). The summed E-state index contributed by atoms with van der Waals surface area (Å²) in [6, 6.07) is 4.73. The second-order valence-electron chi connectivity index (χ2n) is 6.94. The third-order valence-corrected chi connectivity index (χ3v) is 5.44. The summed E-state index contributed by atoms with van der Waals surface area (Å²) in [4.78, 5) is 8.03. The van der Waals surface area contributed by atoms with Gasteiger partial charge in [-0.15, -0.1) is 0 Å². The Morgan fingerprint density at radius 3 is 2.96 bits per heavy atom. The molecule has 1 saturated heterocycles. The fourth-order valence-electron chi connectivity index (χ4n) is 4.19. The summed E-state index contributed by atoms with van der Waals surface area (Å²) in [7, 11) is 1.71. The van der Waals surface area contributed by atoms with Crippen LogP contribution in [0.5, 0.6) is 0 Å². The second-order valence-corrected chi connectivity index (χ2v) is 6.94. The highest BCUT2D eigenvalue weighted by Crippen LogP contribution is 2.39. The van der Waals surface area contributed by atoms with Crippen molar-refractivity contribution >= 4 is 5.71 Å². The third kappa shape index (κ3) is 2.81. The van der Waals surface area contributed by atoms with Crippen LogP contribution in [0.15, 0.2) is 70.7 Å². The molecule has 2 N–H and O–H groups in total. The van der Waals surface area contributed by atoms with Gasteiger partial charge in [0.25, 0.3) is 0 Å². The molecule has 4 unspecified atom stereocenters. The average molecular weight is 335 g/mol. The summed E-state index contributed by atoms with van der Waals surface area (Å²) in [5.41, 5.74) is 4.38. The van der Waals surface area contributed by atoms with Crippen LogP contribution >= 0.6 is 0 Å². The monoisotopic (exact) mass is 335 g/mol. The minimum absolute atomic E-state index is 0.274. The lowest BCUT2D eigenvalue weighted by molar-refractivity contribution is 0.301. The van der Waals surface area contributed by atoms with Crippen molar-refractivity contribution in [3.63, 3.8) is 0 Å². The van der Waals surface area contributed by atoms with Gasteiger partial charge in [0.1, 0.15) is 11.5 Å². The Hall–Kier alpha value is -2.33. The summed E-state index contributed by atoms with van der Waals surface area (Å²) in [6.07, 6.45) is 14.1. The van der Waals surface area contributed by atoms with E-state index in [1.165, 1.54) is 5.57 Å². The van der Waals surface area contributed by atoms with E-state index in [9.17, 15) is 0 Å². The van der Waals surface area contributed by atoms with Gasteiger partial charge in [0.05, 0.1) is 18.5 Å². The SMILES string of the molecule is CCC1NC(C=C2N=C(c3ccc[nH]3)C=C2OC)C2C1=CC=CC2C. The van der Waals surface area contributed by atoms with E-state index in [0.717, 1.165) is 29.3 Å². The maximum atomic E-state index is 5.59. The Balaban J connectivity index is 1.67. The van der Waals surface area contributed by atoms with E-state index >= 15 is 0 Å². The smallest absolute Gasteiger partial charge is 0.146 e. The van der Waals surface area contributed by atoms with Crippen molar-refractivity contribution < 1.29 is 4.74 Å². The maximum Gasteiger partial charge on any atom is 0.146 e. The molecule has 0 aromatic carbocycles. The first kappa shape index (κ1) is 16.2. The van der Waals surface area contributed by atoms with E-state index in [1.54, 1.807) is 7.11 Å². The highest BCUT2D eigenvalue weighted by Gasteiger charge is 2.40. The minimum atomic E-state index is 0.274. The average Bonchev–Trinajstić information content (AvgIpc) is 3.33. The zero-order chi connectivity index (χ0) is 17.4. The van der Waals surface area contributed by atoms with Crippen LogP contribution in [0, 0.1) is 11.8 Å². The van der Waals surface area contributed by atoms with Crippen molar-refractivity contribution in [1.29, 1.82) is 0 Å². The molecule has 1 aromatic heterocycles. The molecule has 130 valence electrons. The number of methoxy groups -OCH3 is 1. The van der Waals surface area contributed by atoms with Crippen LogP contribution < -0.4 is 5.32 Å². The van der Waals surface area contributed by atoms with Gasteiger partial charge in [-0.3, -0.25) is 0 Å². The van der Waals surface area contributed by atoms with Crippen LogP contribution in [0.3, 0.4) is 0 Å². The maximum absolute atomic E-state index is 5.59. The van der Waals surface area contributed by atoms with Gasteiger partial charge < -0.3 is 15.0 Å². The number of hydrogen-bond donors (Lipinski definition) is 2. The summed E-state index contributed by atoms with van der Waals surface area (Å²) < 4.78 is 5.59. The number of nitrogens with zero attached hydrogens (tertiary/aromatic N) is 1. The van der Waals surface area contributed by atoms with Gasteiger partial charge in [-0.2, -0.15) is 0 Å². The number of allylic oxidation sites excluding steroid dienone is 4. The molecule has 0 spiro atoms. The molecule has 0 bridgehead atoms. The molecule has 0 saturated carbocycles. The lowest BCUT2D eigenvalue weighted by Crippen LogP contribution is -2.31. The number of nitrogens with one attached hydrogen (secondary N) is 2. The Morgan fingerprint density at radius 2 is 2.24 bits per heavy atom. The van der Waals surface area contributed by atoms with E-state index in [4.69, 9.17) is 9.73 Å². The van der Waals surface area contributed by atoms with Crippen molar-refractivity contribution in [2.75, 3.05) is 7.11 Å². The number of rotatable bonds is 4. The lowest BCUT2D eigenvalue weighted by atomic mass is 9.79. The zero-order valence-corrected chi connectivity index (χ0v) is 15.0. The van der Waals surface area contributed by atoms with Crippen molar-refractivity contribution in [2.24, 2.45) is 16.8 Å². The topological polar surface area (TPSA) is 49.4 Å². The summed E-state index contributed by atoms with van der Waals surface area (Å²) in [5.74, 6) is 1.84. The first-order valence-corrected chi connectivity index (χ1v) is 9.06. The lowest BCUT2D eigenvalue weighted by Gasteiger charge is -2.25. The Bertz CT molecular complexity index is 795. The van der Waals surface area contributed by atoms with E-state index in [0.29, 0.717) is 17.9 Å². The number of aromatic nitrogens is 1. The first-order valence-electron chi connectivity index (χ1n) is 9.06. The van der Waals surface area contributed by atoms with Gasteiger partial charge >= 0.3 is 0 Å². The molecule has 3 heterocycles. The van der Waals surface area contributed by atoms with Crippen LogP contribution in [0.2, 0.25) is 0 Å². The van der Waals surface area contributed by atoms with Gasteiger partial charge in [-0.25, -0.2) is 4.99 Å². The van der Waals surface area contributed by atoms with E-state index in [2.05, 4.69) is 48.5 Å². The van der Waals surface area contributed by atoms with Crippen LogP contribution in [0.25, 0.3) is 0 Å². The number of ether oxygens (including phenoxy) is 1. The largest absolute Gasteiger partial charge is 0.494 e. The number of fused-ring (bicyclic) bond motifs is 1. The summed E-state index contributed by atoms with van der Waals surface area (Å²) in [5, 5.41) is 3.79. The predicted octanol–water partition coefficient (Wildman–Crippen LogP) is 3.73. The minimum Gasteiger partial charge on any atom is -0.494 e. The highest BCUT2D eigenvalue weighted by atomic mass is 16.5. The van der Waals surface area contributed by atoms with E-state index in [1.807, 2.05) is 24.4 Å². The van der Waals surface area contributed by atoms with Crippen molar-refractivity contribution in [3.8, 4) is 0 Å². The van der Waals surface area contributed by atoms with Crippen molar-refractivity contribution in [2.45, 2.75) is 32.4 Å². The first-order chi connectivity index (χ1) is 12.2. The van der Waals surface area contributed by atoms with Crippen LogP contribution in [0.4, 0.5) is 0 Å². The highest BCUT2D eigenvalue weighted by molar-refractivity contribution is 6.10. The quantitative estimate of drug-likeness (QED) is 0.881. The van der Waals surface area contributed by atoms with Gasteiger partial charge in [0.2, 0.25) is 0 Å². The van der Waals surface area contributed by atoms with Crippen LogP contribution in [-0.4, -0.2) is 29.9 Å². The molecule has 25 heavy (non-hydrogen) atoms. The summed E-state index contributed by atoms with van der Waals surface area (Å²) >= 11 is 0. The molecule has 0 radical (unpaired) electrons. The fraction of sp³-hybridized carbons (Fsp3) is 0.381. The third-order valence-electron chi connectivity index (χ3n) is 5.44. The standard InChI is InChI=1S/C21H25N3O/c1-4-15-14-8-5-7-13(2)21(14)19(23-15)11-18-20(25-3)12-17(24-18)16-9-6-10-22-16/h5-13,15,19,21-23H,4H2,1-3H3. The molecule has 0 amide bonds. The molecule has 2 aliphatic heterocycles. The number of aromatic amines is 1. The van der Waals surface area contributed by atoms with Crippen LogP contribution in [0.1, 0.15) is 26.0 Å². The van der Waals surface area contributed by atoms with E-state index < -0.39 is 0 Å². The normalized spacial score (nSPS) is 32.4. The van der Waals surface area contributed by atoms with Gasteiger partial charge in [-0.1, -0.05) is 32.1 Å². The molecule has 4 atom stereocenters. The molecular weight excluding hydrogens is 310 g/mol. The van der Waals surface area contributed by atoms with Gasteiger partial charge in [0, 0.05) is 30.3 Å². The molecular formula is C21H25N3O. The number of hydrogen-bond acceptors (Lipinski definition) is 3. The predicted molar refractivity (Wildman–Crippen MR) is 101 cm³/mol. The van der Waals surface area contributed by atoms with Gasteiger partial charge in [-0.05, 0) is 36.1 Å². The molecule has 3 aliphatic rings. The number of aliphatic imine (C=N–C) groups is 1. The molecule has 4 heteroatoms. The molecule has 1 fully saturated rings. The molecule has 1 aromatic rings. The van der Waals surface area contributed by atoms with Crippen molar-refractivity contribution in [3.05, 3.63) is 71.4 Å². The fourth-order valence-corrected chi connectivity index (χ4v) is 4.19.